The number of rotatable bonds is 2. The first-order chi connectivity index (χ1) is 8.82. The topological polar surface area (TPSA) is 49.4 Å². The van der Waals surface area contributed by atoms with E-state index in [1.54, 1.807) is 6.92 Å². The van der Waals surface area contributed by atoms with E-state index in [-0.39, 0.29) is 18.6 Å². The Bertz CT molecular complexity index is 577. The fourth-order valence-corrected chi connectivity index (χ4v) is 3.92. The summed E-state index contributed by atoms with van der Waals surface area (Å²) in [5, 5.41) is 3.14. The lowest BCUT2D eigenvalue weighted by molar-refractivity contribution is 0.244. The molecule has 0 saturated carbocycles. The molecule has 4 nitrogen and oxygen atoms in total. The summed E-state index contributed by atoms with van der Waals surface area (Å²) in [4.78, 5) is -0.603. The quantitative estimate of drug-likeness (QED) is 0.894. The Balaban J connectivity index is 2.44. The molecule has 19 heavy (non-hydrogen) atoms. The third kappa shape index (κ3) is 2.77. The first-order valence-corrected chi connectivity index (χ1v) is 7.46. The van der Waals surface area contributed by atoms with E-state index in [0.29, 0.717) is 6.54 Å². The zero-order chi connectivity index (χ0) is 14.2. The van der Waals surface area contributed by atoms with Crippen LogP contribution in [0.25, 0.3) is 0 Å². The van der Waals surface area contributed by atoms with E-state index in [1.165, 1.54) is 4.31 Å². The molecular weight excluding hydrogens is 274 g/mol. The van der Waals surface area contributed by atoms with Crippen molar-refractivity contribution in [1.82, 2.24) is 9.62 Å². The lowest BCUT2D eigenvalue weighted by atomic mass is 10.2. The van der Waals surface area contributed by atoms with Gasteiger partial charge in [0, 0.05) is 25.2 Å². The highest BCUT2D eigenvalue weighted by Crippen LogP contribution is 2.23. The maximum Gasteiger partial charge on any atom is 0.246 e. The van der Waals surface area contributed by atoms with Crippen molar-refractivity contribution in [2.24, 2.45) is 0 Å². The van der Waals surface area contributed by atoms with Crippen LogP contribution in [0.2, 0.25) is 0 Å². The van der Waals surface area contributed by atoms with Crippen molar-refractivity contribution in [2.75, 3.05) is 13.1 Å². The number of benzene rings is 1. The summed E-state index contributed by atoms with van der Waals surface area (Å²) < 4.78 is 52.8. The molecule has 1 aromatic carbocycles. The minimum absolute atomic E-state index is 0.0254. The standard InChI is InChI=1S/C12H16F2N2O2S/c1-8-7-16(9(2)6-15-8)19(17,18)12-5-10(13)3-4-11(12)14/h3-5,8-9,15H,6-7H2,1-2H3/t8-,9+/m0/s1. The van der Waals surface area contributed by atoms with Crippen LogP contribution in [-0.2, 0) is 10.0 Å². The van der Waals surface area contributed by atoms with Crippen LogP contribution in [0.5, 0.6) is 0 Å². The summed E-state index contributed by atoms with van der Waals surface area (Å²) in [6, 6.07) is 2.13. The molecule has 1 aromatic rings. The average Bonchev–Trinajstić information content (AvgIpc) is 2.35. The second kappa shape index (κ2) is 5.15. The van der Waals surface area contributed by atoms with E-state index in [2.05, 4.69) is 5.32 Å². The maximum atomic E-state index is 13.7. The van der Waals surface area contributed by atoms with Gasteiger partial charge in [0.25, 0.3) is 0 Å². The smallest absolute Gasteiger partial charge is 0.246 e. The number of nitrogens with zero attached hydrogens (tertiary/aromatic N) is 1. The van der Waals surface area contributed by atoms with Gasteiger partial charge in [-0.2, -0.15) is 4.31 Å². The zero-order valence-corrected chi connectivity index (χ0v) is 11.5. The van der Waals surface area contributed by atoms with Gasteiger partial charge in [-0.1, -0.05) is 0 Å². The van der Waals surface area contributed by atoms with Crippen LogP contribution < -0.4 is 5.32 Å². The third-order valence-electron chi connectivity index (χ3n) is 3.19. The molecule has 1 aliphatic heterocycles. The largest absolute Gasteiger partial charge is 0.311 e. The van der Waals surface area contributed by atoms with Crippen molar-refractivity contribution in [3.05, 3.63) is 29.8 Å². The molecule has 0 aliphatic carbocycles. The second-order valence-electron chi connectivity index (χ2n) is 4.81. The lowest BCUT2D eigenvalue weighted by Crippen LogP contribution is -2.56. The van der Waals surface area contributed by atoms with Crippen molar-refractivity contribution >= 4 is 10.0 Å². The van der Waals surface area contributed by atoms with Gasteiger partial charge in [-0.15, -0.1) is 0 Å². The SMILES string of the molecule is C[C@@H]1CN[C@@H](C)CN1S(=O)(=O)c1cc(F)ccc1F. The first kappa shape index (κ1) is 14.4. The number of nitrogens with one attached hydrogen (secondary N) is 1. The summed E-state index contributed by atoms with van der Waals surface area (Å²) in [5.41, 5.74) is 0. The third-order valence-corrected chi connectivity index (χ3v) is 5.18. The van der Waals surface area contributed by atoms with Crippen LogP contribution in [-0.4, -0.2) is 37.9 Å². The molecule has 1 aliphatic rings. The molecule has 1 heterocycles. The van der Waals surface area contributed by atoms with Crippen LogP contribution in [0, 0.1) is 11.6 Å². The fraction of sp³-hybridized carbons (Fsp3) is 0.500. The monoisotopic (exact) mass is 290 g/mol. The predicted molar refractivity (Wildman–Crippen MR) is 67.2 cm³/mol. The molecule has 2 rings (SSSR count). The normalized spacial score (nSPS) is 25.5. The predicted octanol–water partition coefficient (Wildman–Crippen LogP) is 1.34. The van der Waals surface area contributed by atoms with Gasteiger partial charge in [-0.05, 0) is 32.0 Å². The van der Waals surface area contributed by atoms with Gasteiger partial charge in [0.2, 0.25) is 10.0 Å². The molecule has 0 radical (unpaired) electrons. The molecule has 1 saturated heterocycles. The van der Waals surface area contributed by atoms with Crippen molar-refractivity contribution in [3.8, 4) is 0 Å². The van der Waals surface area contributed by atoms with E-state index < -0.39 is 26.6 Å². The van der Waals surface area contributed by atoms with Crippen molar-refractivity contribution in [3.63, 3.8) is 0 Å². The van der Waals surface area contributed by atoms with E-state index in [1.807, 2.05) is 6.92 Å². The molecule has 2 atom stereocenters. The summed E-state index contributed by atoms with van der Waals surface area (Å²) in [7, 11) is -4.02. The number of halogens is 2. The second-order valence-corrected chi connectivity index (χ2v) is 6.67. The Morgan fingerprint density at radius 3 is 2.68 bits per heavy atom. The Kier molecular flexibility index (Phi) is 3.89. The highest BCUT2D eigenvalue weighted by Gasteiger charge is 2.35. The highest BCUT2D eigenvalue weighted by molar-refractivity contribution is 7.89. The number of piperazine rings is 1. The Hall–Kier alpha value is -1.05. The molecular formula is C12H16F2N2O2S. The molecule has 0 unspecified atom stereocenters. The van der Waals surface area contributed by atoms with Gasteiger partial charge in [0.1, 0.15) is 16.5 Å². The highest BCUT2D eigenvalue weighted by atomic mass is 32.2. The van der Waals surface area contributed by atoms with E-state index in [9.17, 15) is 17.2 Å². The van der Waals surface area contributed by atoms with Gasteiger partial charge in [-0.25, -0.2) is 17.2 Å². The zero-order valence-electron chi connectivity index (χ0n) is 10.7. The number of hydrogen-bond donors (Lipinski definition) is 1. The van der Waals surface area contributed by atoms with E-state index in [4.69, 9.17) is 0 Å². The molecule has 0 amide bonds. The minimum atomic E-state index is -4.02. The van der Waals surface area contributed by atoms with Gasteiger partial charge in [0.05, 0.1) is 0 Å². The van der Waals surface area contributed by atoms with Crippen LogP contribution in [0.3, 0.4) is 0 Å². The minimum Gasteiger partial charge on any atom is -0.311 e. The molecule has 1 N–H and O–H groups in total. The summed E-state index contributed by atoms with van der Waals surface area (Å²) in [5.74, 6) is -1.70. The lowest BCUT2D eigenvalue weighted by Gasteiger charge is -2.36. The molecule has 0 spiro atoms. The first-order valence-electron chi connectivity index (χ1n) is 6.02. The summed E-state index contributed by atoms with van der Waals surface area (Å²) in [6.45, 7) is 4.29. The van der Waals surface area contributed by atoms with Crippen molar-refractivity contribution in [1.29, 1.82) is 0 Å². The molecule has 0 aromatic heterocycles. The molecule has 0 bridgehead atoms. The van der Waals surface area contributed by atoms with Crippen LogP contribution >= 0.6 is 0 Å². The van der Waals surface area contributed by atoms with E-state index in [0.717, 1.165) is 18.2 Å². The molecule has 1 fully saturated rings. The average molecular weight is 290 g/mol. The Morgan fingerprint density at radius 2 is 2.00 bits per heavy atom. The van der Waals surface area contributed by atoms with Crippen LogP contribution in [0.1, 0.15) is 13.8 Å². The maximum absolute atomic E-state index is 13.7. The van der Waals surface area contributed by atoms with Gasteiger partial charge < -0.3 is 5.32 Å². The van der Waals surface area contributed by atoms with Gasteiger partial charge in [-0.3, -0.25) is 0 Å². The Labute approximate surface area is 111 Å². The number of hydrogen-bond acceptors (Lipinski definition) is 3. The number of sulfonamides is 1. The molecule has 106 valence electrons. The summed E-state index contributed by atoms with van der Waals surface area (Å²) in [6.07, 6.45) is 0. The fourth-order valence-electron chi connectivity index (χ4n) is 2.12. The summed E-state index contributed by atoms with van der Waals surface area (Å²) >= 11 is 0. The van der Waals surface area contributed by atoms with E-state index >= 15 is 0 Å². The Morgan fingerprint density at radius 1 is 1.32 bits per heavy atom. The van der Waals surface area contributed by atoms with Crippen LogP contribution in [0.15, 0.2) is 23.1 Å². The van der Waals surface area contributed by atoms with Gasteiger partial charge >= 0.3 is 0 Å². The van der Waals surface area contributed by atoms with Crippen LogP contribution in [0.4, 0.5) is 8.78 Å². The van der Waals surface area contributed by atoms with Crippen molar-refractivity contribution < 1.29 is 17.2 Å². The van der Waals surface area contributed by atoms with Crippen molar-refractivity contribution in [2.45, 2.75) is 30.8 Å². The molecule has 7 heteroatoms. The van der Waals surface area contributed by atoms with Gasteiger partial charge in [0.15, 0.2) is 0 Å².